The molecule has 0 atom stereocenters. The summed E-state index contributed by atoms with van der Waals surface area (Å²) >= 11 is 0. The lowest BCUT2D eigenvalue weighted by atomic mass is 10.2. The highest BCUT2D eigenvalue weighted by atomic mass is 16.5. The van der Waals surface area contributed by atoms with Crippen LogP contribution in [0.3, 0.4) is 0 Å². The van der Waals surface area contributed by atoms with Gasteiger partial charge in [-0.1, -0.05) is 18.2 Å². The van der Waals surface area contributed by atoms with Crippen molar-refractivity contribution in [2.45, 2.75) is 6.54 Å². The molecule has 1 amide bonds. The lowest BCUT2D eigenvalue weighted by Crippen LogP contribution is -2.39. The number of para-hydroxylation sites is 1. The van der Waals surface area contributed by atoms with Crippen LogP contribution in [0.25, 0.3) is 0 Å². The largest absolute Gasteiger partial charge is 0.496 e. The van der Waals surface area contributed by atoms with Crippen LogP contribution in [0, 0.1) is 0 Å². The molecular weight excluding hydrogens is 346 g/mol. The van der Waals surface area contributed by atoms with Crippen LogP contribution in [0.4, 0.5) is 5.95 Å². The Morgan fingerprint density at radius 3 is 2.89 bits per heavy atom. The van der Waals surface area contributed by atoms with E-state index in [0.717, 1.165) is 44.2 Å². The number of carbonyl (C=O) groups is 1. The summed E-state index contributed by atoms with van der Waals surface area (Å²) in [4.78, 5) is 23.2. The Morgan fingerprint density at radius 1 is 1.26 bits per heavy atom. The summed E-state index contributed by atoms with van der Waals surface area (Å²) in [5.74, 6) is 0.943. The first-order valence-electron chi connectivity index (χ1n) is 9.03. The van der Waals surface area contributed by atoms with Gasteiger partial charge in [-0.25, -0.2) is 9.97 Å². The third-order valence-electron chi connectivity index (χ3n) is 4.33. The van der Waals surface area contributed by atoms with E-state index in [1.807, 2.05) is 24.3 Å². The molecule has 8 heteroatoms. The smallest absolute Gasteiger partial charge is 0.270 e. The molecule has 2 heterocycles. The van der Waals surface area contributed by atoms with E-state index >= 15 is 0 Å². The number of benzene rings is 1. The maximum atomic E-state index is 12.4. The molecule has 3 rings (SSSR count). The first-order valence-corrected chi connectivity index (χ1v) is 9.03. The highest BCUT2D eigenvalue weighted by Gasteiger charge is 2.12. The van der Waals surface area contributed by atoms with Gasteiger partial charge in [0.15, 0.2) is 0 Å². The number of morpholine rings is 1. The van der Waals surface area contributed by atoms with E-state index in [1.165, 1.54) is 0 Å². The summed E-state index contributed by atoms with van der Waals surface area (Å²) < 4.78 is 10.6. The van der Waals surface area contributed by atoms with Gasteiger partial charge in [0.2, 0.25) is 5.95 Å². The zero-order valence-corrected chi connectivity index (χ0v) is 15.5. The molecule has 0 aliphatic carbocycles. The summed E-state index contributed by atoms with van der Waals surface area (Å²) in [5.41, 5.74) is 1.24. The second-order valence-electron chi connectivity index (χ2n) is 6.14. The molecule has 2 N–H and O–H groups in total. The number of methoxy groups -OCH3 is 1. The number of anilines is 1. The minimum Gasteiger partial charge on any atom is -0.496 e. The van der Waals surface area contributed by atoms with Gasteiger partial charge in [-0.2, -0.15) is 0 Å². The second kappa shape index (κ2) is 9.84. The van der Waals surface area contributed by atoms with Crippen LogP contribution in [-0.2, 0) is 11.3 Å². The van der Waals surface area contributed by atoms with Crippen molar-refractivity contribution < 1.29 is 14.3 Å². The molecule has 0 saturated carbocycles. The predicted molar refractivity (Wildman–Crippen MR) is 102 cm³/mol. The summed E-state index contributed by atoms with van der Waals surface area (Å²) in [6, 6.07) is 9.18. The van der Waals surface area contributed by atoms with Crippen LogP contribution < -0.4 is 15.4 Å². The summed E-state index contributed by atoms with van der Waals surface area (Å²) in [5, 5.41) is 6.04. The highest BCUT2D eigenvalue weighted by molar-refractivity contribution is 5.92. The SMILES string of the molecule is COc1ccccc1CNC(=O)c1ccnc(NCCN2CCOCC2)n1. The number of nitrogens with one attached hydrogen (secondary N) is 2. The Labute approximate surface area is 158 Å². The van der Waals surface area contributed by atoms with Crippen molar-refractivity contribution in [2.75, 3.05) is 51.8 Å². The lowest BCUT2D eigenvalue weighted by molar-refractivity contribution is 0.0398. The van der Waals surface area contributed by atoms with Crippen LogP contribution in [0.15, 0.2) is 36.5 Å². The van der Waals surface area contributed by atoms with E-state index in [9.17, 15) is 4.79 Å². The maximum absolute atomic E-state index is 12.4. The fraction of sp³-hybridized carbons (Fsp3) is 0.421. The van der Waals surface area contributed by atoms with E-state index in [-0.39, 0.29) is 5.91 Å². The Bertz CT molecular complexity index is 750. The zero-order chi connectivity index (χ0) is 18.9. The van der Waals surface area contributed by atoms with Crippen molar-refractivity contribution in [3.63, 3.8) is 0 Å². The van der Waals surface area contributed by atoms with Crippen LogP contribution in [-0.4, -0.2) is 67.3 Å². The maximum Gasteiger partial charge on any atom is 0.270 e. The first kappa shape index (κ1) is 19.1. The van der Waals surface area contributed by atoms with Crippen LogP contribution in [0.5, 0.6) is 5.75 Å². The molecule has 1 aliphatic rings. The topological polar surface area (TPSA) is 88.6 Å². The Kier molecular flexibility index (Phi) is 6.95. The van der Waals surface area contributed by atoms with Crippen molar-refractivity contribution in [3.8, 4) is 5.75 Å². The number of amides is 1. The predicted octanol–water partition coefficient (Wildman–Crippen LogP) is 1.16. The number of hydrogen-bond donors (Lipinski definition) is 2. The zero-order valence-electron chi connectivity index (χ0n) is 15.5. The molecule has 1 fully saturated rings. The van der Waals surface area contributed by atoms with Crippen molar-refractivity contribution in [1.29, 1.82) is 0 Å². The van der Waals surface area contributed by atoms with Gasteiger partial charge in [0.05, 0.1) is 20.3 Å². The number of nitrogens with zero attached hydrogens (tertiary/aromatic N) is 3. The number of ether oxygens (including phenoxy) is 2. The number of hydrogen-bond acceptors (Lipinski definition) is 7. The quantitative estimate of drug-likeness (QED) is 0.720. The summed E-state index contributed by atoms with van der Waals surface area (Å²) in [6.07, 6.45) is 1.59. The second-order valence-corrected chi connectivity index (χ2v) is 6.14. The van der Waals surface area contributed by atoms with Gasteiger partial charge in [0.25, 0.3) is 5.91 Å². The highest BCUT2D eigenvalue weighted by Crippen LogP contribution is 2.16. The number of aromatic nitrogens is 2. The minimum atomic E-state index is -0.250. The molecule has 1 saturated heterocycles. The molecular formula is C19H25N5O3. The van der Waals surface area contributed by atoms with Crippen molar-refractivity contribution in [1.82, 2.24) is 20.2 Å². The van der Waals surface area contributed by atoms with Gasteiger partial charge in [-0.05, 0) is 12.1 Å². The van der Waals surface area contributed by atoms with Crippen LogP contribution in [0.2, 0.25) is 0 Å². The van der Waals surface area contributed by atoms with Gasteiger partial charge in [0.1, 0.15) is 11.4 Å². The Balaban J connectivity index is 1.50. The number of rotatable bonds is 8. The van der Waals surface area contributed by atoms with E-state index in [0.29, 0.717) is 24.7 Å². The molecule has 2 aromatic rings. The Hall–Kier alpha value is -2.71. The lowest BCUT2D eigenvalue weighted by Gasteiger charge is -2.26. The van der Waals surface area contributed by atoms with E-state index in [2.05, 4.69) is 25.5 Å². The van der Waals surface area contributed by atoms with E-state index in [1.54, 1.807) is 19.4 Å². The van der Waals surface area contributed by atoms with Gasteiger partial charge < -0.3 is 20.1 Å². The van der Waals surface area contributed by atoms with E-state index in [4.69, 9.17) is 9.47 Å². The molecule has 1 aromatic heterocycles. The van der Waals surface area contributed by atoms with Crippen molar-refractivity contribution in [3.05, 3.63) is 47.8 Å². The monoisotopic (exact) mass is 371 g/mol. The molecule has 1 aromatic carbocycles. The normalized spacial score (nSPS) is 14.6. The molecule has 0 spiro atoms. The molecule has 8 nitrogen and oxygen atoms in total. The molecule has 27 heavy (non-hydrogen) atoms. The van der Waals surface area contributed by atoms with Crippen molar-refractivity contribution >= 4 is 11.9 Å². The molecule has 1 aliphatic heterocycles. The Morgan fingerprint density at radius 2 is 2.07 bits per heavy atom. The minimum absolute atomic E-state index is 0.250. The average Bonchev–Trinajstić information content (AvgIpc) is 2.73. The van der Waals surface area contributed by atoms with Gasteiger partial charge in [-0.3, -0.25) is 9.69 Å². The third-order valence-corrected chi connectivity index (χ3v) is 4.33. The molecule has 144 valence electrons. The van der Waals surface area contributed by atoms with Crippen LogP contribution >= 0.6 is 0 Å². The third kappa shape index (κ3) is 5.63. The average molecular weight is 371 g/mol. The fourth-order valence-corrected chi connectivity index (χ4v) is 2.84. The summed E-state index contributed by atoms with van der Waals surface area (Å²) in [7, 11) is 1.61. The first-order chi connectivity index (χ1) is 13.3. The summed E-state index contributed by atoms with van der Waals surface area (Å²) in [6.45, 7) is 5.40. The molecule has 0 unspecified atom stereocenters. The number of carbonyl (C=O) groups excluding carboxylic acids is 1. The molecule has 0 radical (unpaired) electrons. The van der Waals surface area contributed by atoms with Gasteiger partial charge in [0, 0.05) is 44.5 Å². The van der Waals surface area contributed by atoms with Gasteiger partial charge in [-0.15, -0.1) is 0 Å². The van der Waals surface area contributed by atoms with Crippen LogP contribution in [0.1, 0.15) is 16.1 Å². The fourth-order valence-electron chi connectivity index (χ4n) is 2.84. The molecule has 0 bridgehead atoms. The standard InChI is InChI=1S/C19H25N5O3/c1-26-17-5-3-2-4-15(17)14-22-18(25)16-6-7-20-19(23-16)21-8-9-24-10-12-27-13-11-24/h2-7H,8-14H2,1H3,(H,22,25)(H,20,21,23). The van der Waals surface area contributed by atoms with E-state index < -0.39 is 0 Å². The van der Waals surface area contributed by atoms with Crippen molar-refractivity contribution in [2.24, 2.45) is 0 Å². The van der Waals surface area contributed by atoms with Gasteiger partial charge >= 0.3 is 0 Å².